The summed E-state index contributed by atoms with van der Waals surface area (Å²) < 4.78 is 11.3. The number of nitrogens with two attached hydrogens (primary N) is 1. The summed E-state index contributed by atoms with van der Waals surface area (Å²) in [4.78, 5) is 15.2. The van der Waals surface area contributed by atoms with Gasteiger partial charge in [0.25, 0.3) is 0 Å². The highest BCUT2D eigenvalue weighted by molar-refractivity contribution is 5.92. The fourth-order valence-electron chi connectivity index (χ4n) is 2.28. The number of nitrogens with one attached hydrogen (secondary N) is 1. The lowest BCUT2D eigenvalue weighted by molar-refractivity contribution is 0.0904. The average molecular weight is 373 g/mol. The number of aromatic nitrogens is 1. The van der Waals surface area contributed by atoms with Crippen LogP contribution in [0.3, 0.4) is 0 Å². The number of β-amino-alcohol motifs (C(OH)–C–C–N with tert-alkyl or cyclic N) is 1. The number of carbonyl (C=O) groups excluding carboxylic acids is 1. The van der Waals surface area contributed by atoms with Crippen molar-refractivity contribution < 1.29 is 19.4 Å². The van der Waals surface area contributed by atoms with Gasteiger partial charge in [-0.15, -0.1) is 0 Å². The number of benzene rings is 1. The zero-order chi connectivity index (χ0) is 19.9. The molecule has 0 bridgehead atoms. The smallest absolute Gasteiger partial charge is 0.248 e. The van der Waals surface area contributed by atoms with Gasteiger partial charge in [-0.25, -0.2) is 4.98 Å². The predicted octanol–water partition coefficient (Wildman–Crippen LogP) is 1.68. The first-order valence-corrected chi connectivity index (χ1v) is 8.77. The van der Waals surface area contributed by atoms with Crippen molar-refractivity contribution in [3.05, 3.63) is 53.7 Å². The third-order valence-electron chi connectivity index (χ3n) is 3.93. The van der Waals surface area contributed by atoms with Crippen LogP contribution in [0.1, 0.15) is 29.8 Å². The van der Waals surface area contributed by atoms with Crippen LogP contribution in [0, 0.1) is 6.92 Å². The minimum atomic E-state index is -0.680. The number of amides is 1. The minimum absolute atomic E-state index is 0.149. The van der Waals surface area contributed by atoms with Gasteiger partial charge in [0.15, 0.2) is 0 Å². The van der Waals surface area contributed by atoms with Crippen LogP contribution in [-0.2, 0) is 0 Å². The summed E-state index contributed by atoms with van der Waals surface area (Å²) in [6.45, 7) is 6.74. The Balaban J connectivity index is 1.74. The Morgan fingerprint density at radius 3 is 2.59 bits per heavy atom. The van der Waals surface area contributed by atoms with Gasteiger partial charge in [-0.1, -0.05) is 6.07 Å². The van der Waals surface area contributed by atoms with Crippen molar-refractivity contribution >= 4 is 5.91 Å². The molecule has 0 saturated heterocycles. The van der Waals surface area contributed by atoms with Gasteiger partial charge >= 0.3 is 0 Å². The van der Waals surface area contributed by atoms with Gasteiger partial charge in [-0.2, -0.15) is 0 Å². The zero-order valence-corrected chi connectivity index (χ0v) is 15.9. The highest BCUT2D eigenvalue weighted by Crippen LogP contribution is 2.15. The molecule has 0 fully saturated rings. The summed E-state index contributed by atoms with van der Waals surface area (Å²) in [5.74, 6) is 0.698. The number of pyridine rings is 1. The van der Waals surface area contributed by atoms with Gasteiger partial charge in [-0.05, 0) is 51.1 Å². The maximum atomic E-state index is 11.1. The topological polar surface area (TPSA) is 107 Å². The van der Waals surface area contributed by atoms with E-state index in [1.165, 1.54) is 0 Å². The molecule has 2 aromatic rings. The number of primary amides is 1. The van der Waals surface area contributed by atoms with E-state index in [1.54, 1.807) is 30.5 Å². The van der Waals surface area contributed by atoms with E-state index in [4.69, 9.17) is 15.2 Å². The van der Waals surface area contributed by atoms with Crippen LogP contribution >= 0.6 is 0 Å². The van der Waals surface area contributed by atoms with Crippen LogP contribution in [0.2, 0.25) is 0 Å². The average Bonchev–Trinajstić information content (AvgIpc) is 2.64. The molecule has 0 spiro atoms. The van der Waals surface area contributed by atoms with E-state index in [2.05, 4.69) is 10.3 Å². The zero-order valence-electron chi connectivity index (χ0n) is 15.9. The Kier molecular flexibility index (Phi) is 7.15. The largest absolute Gasteiger partial charge is 0.492 e. The standard InChI is InChI=1S/C20H27N3O4/c1-14-5-4-10-22-19(14)26-12-16(24)11-23-20(2,3)13-27-17-8-6-15(7-9-17)18(21)25/h4-10,16,23-24H,11-13H2,1-3H3,(H2,21,25). The monoisotopic (exact) mass is 373 g/mol. The molecule has 1 heterocycles. The molecule has 7 heteroatoms. The molecular formula is C20H27N3O4. The van der Waals surface area contributed by atoms with E-state index in [0.29, 0.717) is 30.3 Å². The number of ether oxygens (including phenoxy) is 2. The molecule has 1 unspecified atom stereocenters. The molecule has 1 aromatic carbocycles. The Morgan fingerprint density at radius 1 is 1.26 bits per heavy atom. The fraction of sp³-hybridized carbons (Fsp3) is 0.400. The number of nitrogens with zero attached hydrogens (tertiary/aromatic N) is 1. The number of carbonyl (C=O) groups is 1. The molecule has 2 rings (SSSR count). The summed E-state index contributed by atoms with van der Waals surface area (Å²) in [5.41, 5.74) is 6.21. The van der Waals surface area contributed by atoms with Crippen LogP contribution in [0.5, 0.6) is 11.6 Å². The molecule has 1 atom stereocenters. The van der Waals surface area contributed by atoms with Crippen molar-refractivity contribution in [2.45, 2.75) is 32.4 Å². The van der Waals surface area contributed by atoms with Crippen molar-refractivity contribution in [2.24, 2.45) is 5.73 Å². The van der Waals surface area contributed by atoms with E-state index < -0.39 is 12.0 Å². The van der Waals surface area contributed by atoms with Gasteiger partial charge in [0.05, 0.1) is 0 Å². The van der Waals surface area contributed by atoms with E-state index in [1.807, 2.05) is 32.9 Å². The second-order valence-electron chi connectivity index (χ2n) is 7.03. The van der Waals surface area contributed by atoms with Crippen LogP contribution in [-0.4, -0.2) is 47.4 Å². The first kappa shape index (κ1) is 20.7. The molecule has 4 N–H and O–H groups in total. The maximum Gasteiger partial charge on any atom is 0.248 e. The predicted molar refractivity (Wildman–Crippen MR) is 103 cm³/mol. The number of aliphatic hydroxyl groups is 1. The van der Waals surface area contributed by atoms with Gasteiger partial charge in [0, 0.05) is 29.4 Å². The highest BCUT2D eigenvalue weighted by atomic mass is 16.5. The molecule has 0 saturated carbocycles. The van der Waals surface area contributed by atoms with Crippen molar-refractivity contribution in [3.8, 4) is 11.6 Å². The van der Waals surface area contributed by atoms with Crippen LogP contribution in [0.4, 0.5) is 0 Å². The molecular weight excluding hydrogens is 346 g/mol. The summed E-state index contributed by atoms with van der Waals surface area (Å²) in [5, 5.41) is 13.4. The van der Waals surface area contributed by atoms with E-state index in [0.717, 1.165) is 5.56 Å². The summed E-state index contributed by atoms with van der Waals surface area (Å²) in [6.07, 6.45) is 0.976. The molecule has 0 radical (unpaired) electrons. The van der Waals surface area contributed by atoms with Crippen molar-refractivity contribution in [1.29, 1.82) is 0 Å². The van der Waals surface area contributed by atoms with Crippen molar-refractivity contribution in [2.75, 3.05) is 19.8 Å². The number of aryl methyl sites for hydroxylation is 1. The first-order chi connectivity index (χ1) is 12.8. The Bertz CT molecular complexity index is 747. The third-order valence-corrected chi connectivity index (χ3v) is 3.93. The molecule has 1 aromatic heterocycles. The highest BCUT2D eigenvalue weighted by Gasteiger charge is 2.20. The van der Waals surface area contributed by atoms with Crippen molar-refractivity contribution in [3.63, 3.8) is 0 Å². The quantitative estimate of drug-likeness (QED) is 0.585. The molecule has 1 amide bonds. The second kappa shape index (κ2) is 9.34. The normalized spacial score (nSPS) is 12.4. The number of hydrogen-bond donors (Lipinski definition) is 3. The molecule has 7 nitrogen and oxygen atoms in total. The molecule has 146 valence electrons. The van der Waals surface area contributed by atoms with E-state index in [9.17, 15) is 9.90 Å². The fourth-order valence-corrected chi connectivity index (χ4v) is 2.28. The van der Waals surface area contributed by atoms with Gasteiger partial charge in [0.1, 0.15) is 25.1 Å². The van der Waals surface area contributed by atoms with Crippen LogP contribution < -0.4 is 20.5 Å². The Hall–Kier alpha value is -2.64. The van der Waals surface area contributed by atoms with Crippen LogP contribution in [0.25, 0.3) is 0 Å². The van der Waals surface area contributed by atoms with Crippen LogP contribution in [0.15, 0.2) is 42.6 Å². The van der Waals surface area contributed by atoms with Gasteiger partial charge in [-0.3, -0.25) is 4.79 Å². The summed E-state index contributed by atoms with van der Waals surface area (Å²) >= 11 is 0. The van der Waals surface area contributed by atoms with Gasteiger partial charge < -0.3 is 25.6 Å². The third kappa shape index (κ3) is 6.88. The van der Waals surface area contributed by atoms with E-state index >= 15 is 0 Å². The maximum absolute atomic E-state index is 11.1. The lowest BCUT2D eigenvalue weighted by Gasteiger charge is -2.27. The second-order valence-corrected chi connectivity index (χ2v) is 7.03. The summed E-state index contributed by atoms with van der Waals surface area (Å²) in [7, 11) is 0. The van der Waals surface area contributed by atoms with Gasteiger partial charge in [0.2, 0.25) is 11.8 Å². The molecule has 0 aliphatic rings. The number of rotatable bonds is 10. The number of aliphatic hydroxyl groups excluding tert-OH is 1. The van der Waals surface area contributed by atoms with E-state index in [-0.39, 0.29) is 12.1 Å². The van der Waals surface area contributed by atoms with Crippen molar-refractivity contribution in [1.82, 2.24) is 10.3 Å². The Morgan fingerprint density at radius 2 is 1.96 bits per heavy atom. The molecule has 0 aliphatic heterocycles. The lowest BCUT2D eigenvalue weighted by atomic mass is 10.1. The minimum Gasteiger partial charge on any atom is -0.492 e. The first-order valence-electron chi connectivity index (χ1n) is 8.77. The Labute approximate surface area is 159 Å². The molecule has 27 heavy (non-hydrogen) atoms. The number of hydrogen-bond acceptors (Lipinski definition) is 6. The SMILES string of the molecule is Cc1cccnc1OCC(O)CNC(C)(C)COc1ccc(C(N)=O)cc1. The molecule has 0 aliphatic carbocycles. The summed E-state index contributed by atoms with van der Waals surface area (Å²) in [6, 6.07) is 10.4. The lowest BCUT2D eigenvalue weighted by Crippen LogP contribution is -2.48.